The Bertz CT molecular complexity index is 454. The Hall–Kier alpha value is -1.84. The molecule has 2 N–H and O–H groups in total. The quantitative estimate of drug-likeness (QED) is 0.839. The molecule has 0 aromatic heterocycles. The highest BCUT2D eigenvalue weighted by molar-refractivity contribution is 5.82. The highest BCUT2D eigenvalue weighted by atomic mass is 16.4. The van der Waals surface area contributed by atoms with Crippen molar-refractivity contribution in [2.45, 2.75) is 33.7 Å². The summed E-state index contributed by atoms with van der Waals surface area (Å²) in [6, 6.07) is 6.06. The van der Waals surface area contributed by atoms with Gasteiger partial charge in [-0.1, -0.05) is 30.7 Å². The van der Waals surface area contributed by atoms with Crippen LogP contribution in [0.3, 0.4) is 0 Å². The lowest BCUT2D eigenvalue weighted by molar-refractivity contribution is -0.140. The maximum absolute atomic E-state index is 11.7. The fraction of sp³-hybridized carbons (Fsp3) is 0.429. The third kappa shape index (κ3) is 4.20. The number of rotatable bonds is 5. The topological polar surface area (TPSA) is 66.4 Å². The van der Waals surface area contributed by atoms with Crippen LogP contribution >= 0.6 is 0 Å². The van der Waals surface area contributed by atoms with Crippen LogP contribution in [0.1, 0.15) is 30.0 Å². The summed E-state index contributed by atoms with van der Waals surface area (Å²) >= 11 is 0. The van der Waals surface area contributed by atoms with Gasteiger partial charge in [0.05, 0.1) is 6.42 Å². The molecule has 4 nitrogen and oxygen atoms in total. The molecule has 0 radical (unpaired) electrons. The van der Waals surface area contributed by atoms with Crippen LogP contribution in [0.5, 0.6) is 0 Å². The largest absolute Gasteiger partial charge is 0.481 e. The second kappa shape index (κ2) is 6.19. The summed E-state index contributed by atoms with van der Waals surface area (Å²) in [4.78, 5) is 22.2. The first-order valence-corrected chi connectivity index (χ1v) is 5.95. The predicted octanol–water partition coefficient (Wildman–Crippen LogP) is 2.03. The molecule has 18 heavy (non-hydrogen) atoms. The summed E-state index contributed by atoms with van der Waals surface area (Å²) in [5, 5.41) is 11.4. The predicted molar refractivity (Wildman–Crippen MR) is 69.2 cm³/mol. The number of amides is 1. The molecule has 0 aliphatic carbocycles. The Morgan fingerprint density at radius 1 is 1.33 bits per heavy atom. The van der Waals surface area contributed by atoms with Crippen LogP contribution < -0.4 is 5.32 Å². The summed E-state index contributed by atoms with van der Waals surface area (Å²) in [7, 11) is 0. The zero-order valence-electron chi connectivity index (χ0n) is 11.0. The Labute approximate surface area is 107 Å². The number of aliphatic carboxylic acids is 1. The Balaban J connectivity index is 2.57. The number of hydrogen-bond acceptors (Lipinski definition) is 2. The van der Waals surface area contributed by atoms with Crippen molar-refractivity contribution in [3.8, 4) is 0 Å². The van der Waals surface area contributed by atoms with Crippen molar-refractivity contribution in [3.63, 3.8) is 0 Å². The third-order valence-electron chi connectivity index (χ3n) is 2.89. The highest BCUT2D eigenvalue weighted by Gasteiger charge is 2.16. The lowest BCUT2D eigenvalue weighted by Gasteiger charge is -2.12. The molecule has 1 unspecified atom stereocenters. The van der Waals surface area contributed by atoms with E-state index < -0.39 is 11.9 Å². The Morgan fingerprint density at radius 2 is 2.00 bits per heavy atom. The number of carboxylic acids is 1. The molecule has 0 saturated heterocycles. The monoisotopic (exact) mass is 249 g/mol. The van der Waals surface area contributed by atoms with Crippen LogP contribution in [0, 0.1) is 19.8 Å². The second-order valence-corrected chi connectivity index (χ2v) is 4.65. The zero-order chi connectivity index (χ0) is 13.7. The molecule has 1 atom stereocenters. The lowest BCUT2D eigenvalue weighted by atomic mass is 10.0. The molecule has 1 amide bonds. The smallest absolute Gasteiger partial charge is 0.304 e. The van der Waals surface area contributed by atoms with E-state index in [-0.39, 0.29) is 12.3 Å². The van der Waals surface area contributed by atoms with Crippen LogP contribution in [0.25, 0.3) is 0 Å². The molecule has 1 rings (SSSR count). The number of carboxylic acid groups (broad SMARTS) is 1. The van der Waals surface area contributed by atoms with Crippen molar-refractivity contribution in [1.82, 2.24) is 5.32 Å². The summed E-state index contributed by atoms with van der Waals surface area (Å²) in [6.45, 7) is 6.04. The molecule has 0 heterocycles. The molecule has 0 spiro atoms. The van der Waals surface area contributed by atoms with E-state index in [1.807, 2.05) is 32.0 Å². The number of nitrogens with one attached hydrogen (secondary N) is 1. The molecular weight excluding hydrogens is 230 g/mol. The summed E-state index contributed by atoms with van der Waals surface area (Å²) < 4.78 is 0. The van der Waals surface area contributed by atoms with Crippen molar-refractivity contribution in [2.24, 2.45) is 5.92 Å². The van der Waals surface area contributed by atoms with Gasteiger partial charge < -0.3 is 10.4 Å². The normalized spacial score (nSPS) is 11.9. The van der Waals surface area contributed by atoms with E-state index in [1.165, 1.54) is 0 Å². The minimum absolute atomic E-state index is 0.140. The van der Waals surface area contributed by atoms with Crippen molar-refractivity contribution in [1.29, 1.82) is 0 Å². The van der Waals surface area contributed by atoms with Gasteiger partial charge in [0.1, 0.15) is 0 Å². The van der Waals surface area contributed by atoms with E-state index in [0.29, 0.717) is 6.54 Å². The minimum atomic E-state index is -0.954. The molecule has 0 saturated carbocycles. The highest BCUT2D eigenvalue weighted by Crippen LogP contribution is 2.11. The van der Waals surface area contributed by atoms with Gasteiger partial charge in [0.25, 0.3) is 0 Å². The number of carbonyl (C=O) groups excluding carboxylic acids is 1. The first-order chi connectivity index (χ1) is 8.40. The molecule has 0 bridgehead atoms. The SMILES string of the molecule is Cc1ccc(C)c(CNC(=O)C(C)CC(=O)O)c1. The lowest BCUT2D eigenvalue weighted by Crippen LogP contribution is -2.30. The van der Waals surface area contributed by atoms with Crippen LogP contribution in [-0.2, 0) is 16.1 Å². The minimum Gasteiger partial charge on any atom is -0.481 e. The second-order valence-electron chi connectivity index (χ2n) is 4.65. The van der Waals surface area contributed by atoms with Crippen LogP contribution in [0.15, 0.2) is 18.2 Å². The number of carbonyl (C=O) groups is 2. The molecule has 0 aliphatic rings. The van der Waals surface area contributed by atoms with Gasteiger partial charge in [0.15, 0.2) is 0 Å². The zero-order valence-corrected chi connectivity index (χ0v) is 11.0. The van der Waals surface area contributed by atoms with E-state index >= 15 is 0 Å². The number of hydrogen-bond donors (Lipinski definition) is 2. The van der Waals surface area contributed by atoms with Crippen LogP contribution in [-0.4, -0.2) is 17.0 Å². The van der Waals surface area contributed by atoms with Gasteiger partial charge in [-0.3, -0.25) is 9.59 Å². The third-order valence-corrected chi connectivity index (χ3v) is 2.89. The Kier molecular flexibility index (Phi) is 4.89. The number of aryl methyl sites for hydroxylation is 2. The fourth-order valence-corrected chi connectivity index (χ4v) is 1.70. The van der Waals surface area contributed by atoms with Crippen molar-refractivity contribution in [2.75, 3.05) is 0 Å². The standard InChI is InChI=1S/C14H19NO3/c1-9-4-5-10(2)12(6-9)8-15-14(18)11(3)7-13(16)17/h4-6,11H,7-8H2,1-3H3,(H,15,18)(H,16,17). The molecule has 0 aliphatic heterocycles. The molecular formula is C14H19NO3. The van der Waals surface area contributed by atoms with Crippen molar-refractivity contribution < 1.29 is 14.7 Å². The van der Waals surface area contributed by atoms with E-state index in [1.54, 1.807) is 6.92 Å². The summed E-state index contributed by atoms with van der Waals surface area (Å²) in [5.41, 5.74) is 3.32. The first kappa shape index (κ1) is 14.2. The van der Waals surface area contributed by atoms with E-state index in [9.17, 15) is 9.59 Å². The van der Waals surface area contributed by atoms with Crippen LogP contribution in [0.2, 0.25) is 0 Å². The van der Waals surface area contributed by atoms with Gasteiger partial charge in [-0.15, -0.1) is 0 Å². The van der Waals surface area contributed by atoms with Gasteiger partial charge in [-0.25, -0.2) is 0 Å². The molecule has 98 valence electrons. The maximum Gasteiger partial charge on any atom is 0.304 e. The maximum atomic E-state index is 11.7. The fourth-order valence-electron chi connectivity index (χ4n) is 1.70. The van der Waals surface area contributed by atoms with Gasteiger partial charge in [0, 0.05) is 12.5 Å². The van der Waals surface area contributed by atoms with E-state index in [0.717, 1.165) is 16.7 Å². The summed E-state index contributed by atoms with van der Waals surface area (Å²) in [6.07, 6.45) is -0.140. The van der Waals surface area contributed by atoms with Gasteiger partial charge in [0.2, 0.25) is 5.91 Å². The van der Waals surface area contributed by atoms with Crippen molar-refractivity contribution in [3.05, 3.63) is 34.9 Å². The average molecular weight is 249 g/mol. The molecule has 1 aromatic carbocycles. The molecule has 0 fully saturated rings. The molecule has 1 aromatic rings. The molecule has 4 heteroatoms. The first-order valence-electron chi connectivity index (χ1n) is 5.95. The van der Waals surface area contributed by atoms with Gasteiger partial charge in [-0.05, 0) is 25.0 Å². The Morgan fingerprint density at radius 3 is 2.61 bits per heavy atom. The van der Waals surface area contributed by atoms with Gasteiger partial charge in [-0.2, -0.15) is 0 Å². The van der Waals surface area contributed by atoms with E-state index in [2.05, 4.69) is 5.32 Å². The number of benzene rings is 1. The van der Waals surface area contributed by atoms with Crippen molar-refractivity contribution >= 4 is 11.9 Å². The summed E-state index contributed by atoms with van der Waals surface area (Å²) in [5.74, 6) is -1.68. The van der Waals surface area contributed by atoms with Crippen LogP contribution in [0.4, 0.5) is 0 Å². The van der Waals surface area contributed by atoms with E-state index in [4.69, 9.17) is 5.11 Å². The van der Waals surface area contributed by atoms with Gasteiger partial charge >= 0.3 is 5.97 Å². The average Bonchev–Trinajstić information content (AvgIpc) is 2.29.